The molecule has 0 spiro atoms. The van der Waals surface area contributed by atoms with E-state index in [0.717, 1.165) is 16.5 Å². The average molecular weight is 243 g/mol. The third kappa shape index (κ3) is 2.52. The smallest absolute Gasteiger partial charge is 0.795 e. The Labute approximate surface area is 121 Å². The van der Waals surface area contributed by atoms with E-state index in [1.807, 2.05) is 25.1 Å². The number of rotatable bonds is 2. The molecule has 0 aliphatic rings. The van der Waals surface area contributed by atoms with Gasteiger partial charge in [-0.3, -0.25) is 0 Å². The molecule has 0 N–H and O–H groups in total. The maximum absolute atomic E-state index is 10.9. The summed E-state index contributed by atoms with van der Waals surface area (Å²) in [7, 11) is 1.58. The van der Waals surface area contributed by atoms with Crippen molar-refractivity contribution in [3.8, 4) is 5.88 Å². The van der Waals surface area contributed by atoms with E-state index in [1.165, 1.54) is 0 Å². The van der Waals surface area contributed by atoms with E-state index in [2.05, 4.69) is 4.98 Å². The Morgan fingerprint density at radius 2 is 2.06 bits per heavy atom. The molecule has 16 heavy (non-hydrogen) atoms. The molecule has 2 aromatic rings. The van der Waals surface area contributed by atoms with Gasteiger partial charge in [0.1, 0.15) is 0 Å². The molecule has 78 valence electrons. The zero-order chi connectivity index (χ0) is 10.8. The molecule has 2 rings (SSSR count). The van der Waals surface area contributed by atoms with E-state index in [-0.39, 0.29) is 29.6 Å². The summed E-state index contributed by atoms with van der Waals surface area (Å²) in [6, 6.07) is 7.44. The fourth-order valence-electron chi connectivity index (χ4n) is 1.57. The van der Waals surface area contributed by atoms with Gasteiger partial charge in [0.2, 0.25) is 5.88 Å². The molecule has 0 aliphatic carbocycles. The number of nitrogens with zero attached hydrogens (tertiary/aromatic N) is 1. The van der Waals surface area contributed by atoms with Crippen molar-refractivity contribution >= 4 is 22.8 Å². The van der Waals surface area contributed by atoms with Crippen molar-refractivity contribution in [2.24, 2.45) is 0 Å². The van der Waals surface area contributed by atoms with Crippen LogP contribution in [-0.2, 0) is 0 Å². The number of hydrogen-bond donors (Lipinski definition) is 0. The minimum Gasteiger partial charge on any atom is -0.795 e. The van der Waals surface area contributed by atoms with E-state index >= 15 is 0 Å². The maximum Gasteiger partial charge on any atom is 1.00 e. The molecule has 1 heterocycles. The number of methoxy groups -OCH3 is 1. The number of benzene rings is 1. The number of fused-ring (bicyclic) bond motifs is 1. The van der Waals surface area contributed by atoms with Crippen LogP contribution in [0.1, 0.15) is 5.69 Å². The first kappa shape index (κ1) is 13.8. The number of aromatic nitrogens is 1. The molecule has 0 aliphatic heterocycles. The van der Waals surface area contributed by atoms with Crippen LogP contribution in [0.4, 0.5) is 0 Å². The fourth-order valence-corrected chi connectivity index (χ4v) is 1.96. The zero-order valence-electron chi connectivity index (χ0n) is 9.48. The van der Waals surface area contributed by atoms with Gasteiger partial charge in [0.05, 0.1) is 7.11 Å². The van der Waals surface area contributed by atoms with Crippen LogP contribution in [0.15, 0.2) is 29.2 Å². The SMILES string of the molecule is COc1nc(C)cc2c(S[O-])cccc12.[Na+]. The first-order chi connectivity index (χ1) is 7.26. The van der Waals surface area contributed by atoms with Crippen LogP contribution in [0, 0.1) is 6.92 Å². The molecule has 0 amide bonds. The summed E-state index contributed by atoms with van der Waals surface area (Å²) in [6.07, 6.45) is 0. The van der Waals surface area contributed by atoms with Gasteiger partial charge in [0.25, 0.3) is 0 Å². The molecule has 5 heteroatoms. The van der Waals surface area contributed by atoms with Gasteiger partial charge in [-0.15, -0.1) is 0 Å². The van der Waals surface area contributed by atoms with Crippen molar-refractivity contribution in [1.29, 1.82) is 0 Å². The molecule has 0 bridgehead atoms. The van der Waals surface area contributed by atoms with Gasteiger partial charge in [-0.1, -0.05) is 6.07 Å². The van der Waals surface area contributed by atoms with Crippen molar-refractivity contribution in [2.75, 3.05) is 7.11 Å². The molecule has 1 aromatic heterocycles. The summed E-state index contributed by atoms with van der Waals surface area (Å²) >= 11 is 0.493. The van der Waals surface area contributed by atoms with Gasteiger partial charge in [-0.2, -0.15) is 0 Å². The van der Waals surface area contributed by atoms with Gasteiger partial charge >= 0.3 is 29.6 Å². The second kappa shape index (κ2) is 5.89. The molecule has 0 unspecified atom stereocenters. The monoisotopic (exact) mass is 243 g/mol. The Balaban J connectivity index is 0.00000128. The number of pyridine rings is 1. The van der Waals surface area contributed by atoms with Crippen molar-refractivity contribution in [3.63, 3.8) is 0 Å². The van der Waals surface area contributed by atoms with Crippen molar-refractivity contribution in [2.45, 2.75) is 11.8 Å². The third-order valence-corrected chi connectivity index (χ3v) is 2.75. The average Bonchev–Trinajstić information content (AvgIpc) is 2.27. The molecule has 0 saturated carbocycles. The van der Waals surface area contributed by atoms with Crippen LogP contribution in [-0.4, -0.2) is 16.6 Å². The maximum atomic E-state index is 10.9. The molecular weight excluding hydrogens is 233 g/mol. The number of hydrogen-bond acceptors (Lipinski definition) is 4. The van der Waals surface area contributed by atoms with Gasteiger partial charge in [0.15, 0.2) is 0 Å². The second-order valence-electron chi connectivity index (χ2n) is 3.21. The van der Waals surface area contributed by atoms with Crippen molar-refractivity contribution in [3.05, 3.63) is 30.0 Å². The topological polar surface area (TPSA) is 45.2 Å². The Morgan fingerprint density at radius 3 is 2.69 bits per heavy atom. The Bertz CT molecular complexity index is 505. The molecule has 1 aromatic carbocycles. The van der Waals surface area contributed by atoms with Gasteiger partial charge in [-0.05, 0) is 25.1 Å². The normalized spacial score (nSPS) is 9.94. The Hall–Kier alpha value is -0.260. The fraction of sp³-hybridized carbons (Fsp3) is 0.182. The van der Waals surface area contributed by atoms with Crippen LogP contribution in [0.2, 0.25) is 0 Å². The molecular formula is C11H10NNaO2S. The largest absolute Gasteiger partial charge is 1.00 e. The van der Waals surface area contributed by atoms with Gasteiger partial charge in [0, 0.05) is 21.4 Å². The molecule has 0 atom stereocenters. The summed E-state index contributed by atoms with van der Waals surface area (Å²) in [5.41, 5.74) is 0.848. The van der Waals surface area contributed by atoms with Crippen LogP contribution < -0.4 is 34.3 Å². The predicted molar refractivity (Wildman–Crippen MR) is 59.7 cm³/mol. The standard InChI is InChI=1S/C11H11NO2S.Na/c1-7-6-9-8(11(12-7)14-2)4-3-5-10(9)15-13;/h3-6,13H,1-2H3;/q;+1/p-1. The third-order valence-electron chi connectivity index (χ3n) is 2.21. The van der Waals surface area contributed by atoms with Crippen LogP contribution >= 0.6 is 12.0 Å². The summed E-state index contributed by atoms with van der Waals surface area (Å²) < 4.78 is 16.1. The first-order valence-electron chi connectivity index (χ1n) is 4.50. The second-order valence-corrected chi connectivity index (χ2v) is 3.81. The summed E-state index contributed by atoms with van der Waals surface area (Å²) in [4.78, 5) is 4.97. The van der Waals surface area contributed by atoms with Crippen LogP contribution in [0.5, 0.6) is 5.88 Å². The van der Waals surface area contributed by atoms with Gasteiger partial charge < -0.3 is 9.29 Å². The number of aryl methyl sites for hydroxylation is 1. The Morgan fingerprint density at radius 1 is 1.31 bits per heavy atom. The van der Waals surface area contributed by atoms with E-state index in [0.29, 0.717) is 22.8 Å². The van der Waals surface area contributed by atoms with Crippen LogP contribution in [0.3, 0.4) is 0 Å². The Kier molecular flexibility index (Phi) is 5.08. The molecule has 0 saturated heterocycles. The van der Waals surface area contributed by atoms with Crippen molar-refractivity contribution in [1.82, 2.24) is 4.98 Å². The summed E-state index contributed by atoms with van der Waals surface area (Å²) in [5, 5.41) is 1.78. The number of ether oxygens (including phenoxy) is 1. The first-order valence-corrected chi connectivity index (χ1v) is 5.24. The zero-order valence-corrected chi connectivity index (χ0v) is 12.3. The van der Waals surface area contributed by atoms with Crippen molar-refractivity contribution < 1.29 is 38.8 Å². The minimum atomic E-state index is 0. The van der Waals surface area contributed by atoms with Crippen LogP contribution in [0.25, 0.3) is 10.8 Å². The van der Waals surface area contributed by atoms with E-state index in [9.17, 15) is 4.55 Å². The summed E-state index contributed by atoms with van der Waals surface area (Å²) in [5.74, 6) is 0.570. The van der Waals surface area contributed by atoms with E-state index in [1.54, 1.807) is 13.2 Å². The molecule has 3 nitrogen and oxygen atoms in total. The minimum absolute atomic E-state index is 0. The van der Waals surface area contributed by atoms with E-state index < -0.39 is 0 Å². The quantitative estimate of drug-likeness (QED) is 0.540. The summed E-state index contributed by atoms with van der Waals surface area (Å²) in [6.45, 7) is 1.88. The predicted octanol–water partition coefficient (Wildman–Crippen LogP) is -0.222. The van der Waals surface area contributed by atoms with E-state index in [4.69, 9.17) is 4.74 Å². The molecule has 0 fully saturated rings. The molecule has 0 radical (unpaired) electrons. The van der Waals surface area contributed by atoms with Gasteiger partial charge in [-0.25, -0.2) is 17.0 Å².